The summed E-state index contributed by atoms with van der Waals surface area (Å²) in [6.07, 6.45) is 4.67. The van der Waals surface area contributed by atoms with Crippen LogP contribution in [-0.2, 0) is 0 Å². The second kappa shape index (κ2) is 4.83. The van der Waals surface area contributed by atoms with Crippen LogP contribution in [0.15, 0.2) is 24.1 Å². The molecule has 0 aliphatic heterocycles. The van der Waals surface area contributed by atoms with E-state index in [9.17, 15) is 0 Å². The second-order valence-electron chi connectivity index (χ2n) is 0.909. The second-order valence-corrected chi connectivity index (χ2v) is 1.21. The predicted octanol–water partition coefficient (Wildman–Crippen LogP) is 2.01. The molecule has 0 unspecified atom stereocenters. The Morgan fingerprint density at radius 3 is 2.50 bits per heavy atom. The highest BCUT2D eigenvalue weighted by Crippen LogP contribution is 1.83. The lowest BCUT2D eigenvalue weighted by Crippen LogP contribution is -1.46. The average Bonchev–Trinajstić information content (AvgIpc) is 1.61. The molecule has 0 spiro atoms. The third-order valence-electron chi connectivity index (χ3n) is 0.408. The summed E-state index contributed by atoms with van der Waals surface area (Å²) in [5.74, 6) is 0. The molecule has 34 valence electrons. The van der Waals surface area contributed by atoms with Gasteiger partial charge in [0, 0.05) is 0 Å². The van der Waals surface area contributed by atoms with Gasteiger partial charge < -0.3 is 0 Å². The zero-order valence-corrected chi connectivity index (χ0v) is 4.49. The van der Waals surface area contributed by atoms with Gasteiger partial charge in [-0.05, 0) is 11.8 Å². The van der Waals surface area contributed by atoms with Crippen molar-refractivity contribution in [2.45, 2.75) is 6.42 Å². The van der Waals surface area contributed by atoms with Gasteiger partial charge in [0.05, 0.1) is 0 Å². The molecule has 0 radical (unpaired) electrons. The third kappa shape index (κ3) is 3.83. The summed E-state index contributed by atoms with van der Waals surface area (Å²) in [6, 6.07) is 0. The minimum atomic E-state index is 0.920. The molecule has 0 heterocycles. The van der Waals surface area contributed by atoms with Crippen LogP contribution in [0.25, 0.3) is 0 Å². The van der Waals surface area contributed by atoms with E-state index in [4.69, 9.17) is 0 Å². The molecule has 0 aromatic heterocycles. The highest BCUT2D eigenvalue weighted by molar-refractivity contribution is 7.83. The van der Waals surface area contributed by atoms with E-state index < -0.39 is 0 Å². The van der Waals surface area contributed by atoms with Gasteiger partial charge in [0.15, 0.2) is 0 Å². The van der Waals surface area contributed by atoms with Crippen molar-refractivity contribution >= 4 is 12.6 Å². The Hall–Kier alpha value is -0.170. The lowest BCUT2D eigenvalue weighted by Gasteiger charge is -1.69. The molecule has 0 nitrogen and oxygen atoms in total. The Labute approximate surface area is 44.0 Å². The van der Waals surface area contributed by atoms with Crippen molar-refractivity contribution in [3.8, 4) is 0 Å². The molecule has 6 heavy (non-hydrogen) atoms. The van der Waals surface area contributed by atoms with Crippen LogP contribution in [0.4, 0.5) is 0 Å². The standard InChI is InChI=1S/C5H8S/c1-2-3-4-5-6/h2,4-6H,1,3H2/b5-4+. The summed E-state index contributed by atoms with van der Waals surface area (Å²) in [5, 5.41) is 1.71. The molecule has 0 bridgehead atoms. The van der Waals surface area contributed by atoms with E-state index in [1.165, 1.54) is 0 Å². The molecule has 0 amide bonds. The molecule has 0 N–H and O–H groups in total. The highest BCUT2D eigenvalue weighted by Gasteiger charge is 1.58. The van der Waals surface area contributed by atoms with Gasteiger partial charge in [-0.25, -0.2) is 0 Å². The zero-order valence-electron chi connectivity index (χ0n) is 3.59. The minimum absolute atomic E-state index is 0.920. The van der Waals surface area contributed by atoms with Gasteiger partial charge in [-0.2, -0.15) is 12.6 Å². The van der Waals surface area contributed by atoms with Crippen LogP contribution in [0.1, 0.15) is 6.42 Å². The number of allylic oxidation sites excluding steroid dienone is 2. The summed E-state index contributed by atoms with van der Waals surface area (Å²) in [4.78, 5) is 0. The van der Waals surface area contributed by atoms with Crippen molar-refractivity contribution in [2.75, 3.05) is 0 Å². The fraction of sp³-hybridized carbons (Fsp3) is 0.200. The van der Waals surface area contributed by atoms with Gasteiger partial charge in [0.1, 0.15) is 0 Å². The largest absolute Gasteiger partial charge is 0.152 e. The van der Waals surface area contributed by atoms with Gasteiger partial charge in [0.25, 0.3) is 0 Å². The Kier molecular flexibility index (Phi) is 4.69. The van der Waals surface area contributed by atoms with E-state index >= 15 is 0 Å². The average molecular weight is 100 g/mol. The van der Waals surface area contributed by atoms with Crippen LogP contribution in [0.3, 0.4) is 0 Å². The Morgan fingerprint density at radius 1 is 1.67 bits per heavy atom. The van der Waals surface area contributed by atoms with Crippen LogP contribution >= 0.6 is 12.6 Å². The molecular weight excluding hydrogens is 92.1 g/mol. The molecule has 0 aromatic rings. The maximum atomic E-state index is 3.83. The van der Waals surface area contributed by atoms with Gasteiger partial charge >= 0.3 is 0 Å². The van der Waals surface area contributed by atoms with E-state index in [1.807, 2.05) is 12.2 Å². The molecule has 1 heteroatoms. The van der Waals surface area contributed by atoms with Crippen LogP contribution in [0, 0.1) is 0 Å². The minimum Gasteiger partial charge on any atom is -0.152 e. The Bertz CT molecular complexity index is 55.0. The fourth-order valence-corrected chi connectivity index (χ4v) is 0.279. The summed E-state index contributed by atoms with van der Waals surface area (Å²) < 4.78 is 0. The first-order valence-corrected chi connectivity index (χ1v) is 2.33. The Morgan fingerprint density at radius 2 is 2.33 bits per heavy atom. The number of rotatable bonds is 2. The van der Waals surface area contributed by atoms with Crippen molar-refractivity contribution in [3.63, 3.8) is 0 Å². The van der Waals surface area contributed by atoms with Gasteiger partial charge in [0.2, 0.25) is 0 Å². The normalized spacial score (nSPS) is 9.50. The molecule has 0 aromatic carbocycles. The monoisotopic (exact) mass is 100 g/mol. The van der Waals surface area contributed by atoms with E-state index in [1.54, 1.807) is 5.41 Å². The topological polar surface area (TPSA) is 0 Å². The zero-order chi connectivity index (χ0) is 4.83. The van der Waals surface area contributed by atoms with Crippen molar-refractivity contribution in [1.82, 2.24) is 0 Å². The number of hydrogen-bond acceptors (Lipinski definition) is 1. The molecule has 0 aliphatic carbocycles. The van der Waals surface area contributed by atoms with Crippen LogP contribution in [0.2, 0.25) is 0 Å². The van der Waals surface area contributed by atoms with Crippen molar-refractivity contribution in [1.29, 1.82) is 0 Å². The van der Waals surface area contributed by atoms with Gasteiger partial charge in [-0.15, -0.1) is 6.58 Å². The summed E-state index contributed by atoms with van der Waals surface area (Å²) >= 11 is 3.83. The lowest BCUT2D eigenvalue weighted by molar-refractivity contribution is 1.42. The van der Waals surface area contributed by atoms with Crippen molar-refractivity contribution in [2.24, 2.45) is 0 Å². The van der Waals surface area contributed by atoms with Gasteiger partial charge in [-0.3, -0.25) is 0 Å². The first-order chi connectivity index (χ1) is 2.91. The van der Waals surface area contributed by atoms with E-state index in [0.717, 1.165) is 6.42 Å². The molecule has 0 aliphatic rings. The third-order valence-corrected chi connectivity index (χ3v) is 0.619. The van der Waals surface area contributed by atoms with Crippen LogP contribution < -0.4 is 0 Å². The highest BCUT2D eigenvalue weighted by atomic mass is 32.1. The van der Waals surface area contributed by atoms with Gasteiger partial charge in [-0.1, -0.05) is 12.2 Å². The maximum Gasteiger partial charge on any atom is -0.0164 e. The SMILES string of the molecule is C=CC/C=C/S. The number of hydrogen-bond donors (Lipinski definition) is 1. The molecule has 0 fully saturated rings. The molecular formula is C5H8S. The van der Waals surface area contributed by atoms with Crippen LogP contribution in [-0.4, -0.2) is 0 Å². The summed E-state index contributed by atoms with van der Waals surface area (Å²) in [6.45, 7) is 3.51. The van der Waals surface area contributed by atoms with E-state index in [-0.39, 0.29) is 0 Å². The first kappa shape index (κ1) is 5.83. The van der Waals surface area contributed by atoms with E-state index in [2.05, 4.69) is 19.2 Å². The quantitative estimate of drug-likeness (QED) is 0.398. The van der Waals surface area contributed by atoms with Crippen molar-refractivity contribution < 1.29 is 0 Å². The fourth-order valence-electron chi connectivity index (χ4n) is 0.157. The smallest absolute Gasteiger partial charge is 0.0164 e. The summed E-state index contributed by atoms with van der Waals surface area (Å²) in [7, 11) is 0. The predicted molar refractivity (Wildman–Crippen MR) is 32.9 cm³/mol. The molecule has 0 saturated carbocycles. The lowest BCUT2D eigenvalue weighted by atomic mass is 10.4. The molecule has 0 atom stereocenters. The molecule has 0 rings (SSSR count). The summed E-state index contributed by atoms with van der Waals surface area (Å²) in [5.41, 5.74) is 0. The Balaban J connectivity index is 2.85. The molecule has 0 saturated heterocycles. The first-order valence-electron chi connectivity index (χ1n) is 1.82. The van der Waals surface area contributed by atoms with Crippen LogP contribution in [0.5, 0.6) is 0 Å². The van der Waals surface area contributed by atoms with Crippen molar-refractivity contribution in [3.05, 3.63) is 24.1 Å². The van der Waals surface area contributed by atoms with E-state index in [0.29, 0.717) is 0 Å². The maximum absolute atomic E-state index is 3.83. The number of thiol groups is 1.